The van der Waals surface area contributed by atoms with Gasteiger partial charge in [0.1, 0.15) is 5.75 Å². The molecule has 0 spiro atoms. The standard InChI is InChI=1S/C23H27N3O3/c1-3-4-13-29-21-11-7-18(8-12-21)15-24-25-23(28)19-14-22(27)26(16-19)20-9-5-17(2)6-10-20/h5-12,15,19H,3-4,13-14,16H2,1-2H3,(H,25,28)/b24-15+/t19-/m0/s1. The van der Waals surface area contributed by atoms with E-state index in [4.69, 9.17) is 4.74 Å². The Kier molecular flexibility index (Phi) is 7.00. The summed E-state index contributed by atoms with van der Waals surface area (Å²) in [5.74, 6) is 0.121. The molecule has 0 radical (unpaired) electrons. The van der Waals surface area contributed by atoms with Gasteiger partial charge in [0.15, 0.2) is 0 Å². The third kappa shape index (κ3) is 5.67. The van der Waals surface area contributed by atoms with Gasteiger partial charge in [0.2, 0.25) is 11.8 Å². The summed E-state index contributed by atoms with van der Waals surface area (Å²) in [6.45, 7) is 5.20. The first kappa shape index (κ1) is 20.6. The molecule has 29 heavy (non-hydrogen) atoms. The zero-order valence-corrected chi connectivity index (χ0v) is 16.9. The van der Waals surface area contributed by atoms with E-state index >= 15 is 0 Å². The van der Waals surface area contributed by atoms with Gasteiger partial charge in [0.25, 0.3) is 0 Å². The number of hydrogen-bond donors (Lipinski definition) is 1. The highest BCUT2D eigenvalue weighted by Crippen LogP contribution is 2.25. The molecule has 0 unspecified atom stereocenters. The van der Waals surface area contributed by atoms with E-state index in [2.05, 4.69) is 17.5 Å². The molecule has 152 valence electrons. The molecule has 0 saturated carbocycles. The van der Waals surface area contributed by atoms with Crippen LogP contribution in [0.5, 0.6) is 5.75 Å². The fourth-order valence-electron chi connectivity index (χ4n) is 3.10. The molecule has 1 N–H and O–H groups in total. The number of hydrazone groups is 1. The smallest absolute Gasteiger partial charge is 0.245 e. The van der Waals surface area contributed by atoms with E-state index in [-0.39, 0.29) is 18.2 Å². The fraction of sp³-hybridized carbons (Fsp3) is 0.348. The van der Waals surface area contributed by atoms with Crippen LogP contribution in [0.3, 0.4) is 0 Å². The van der Waals surface area contributed by atoms with Gasteiger partial charge in [-0.05, 0) is 55.3 Å². The normalized spacial score (nSPS) is 16.4. The Bertz CT molecular complexity index is 860. The summed E-state index contributed by atoms with van der Waals surface area (Å²) in [7, 11) is 0. The lowest BCUT2D eigenvalue weighted by Crippen LogP contribution is -2.30. The van der Waals surface area contributed by atoms with E-state index in [0.717, 1.165) is 35.4 Å². The Balaban J connectivity index is 1.50. The second-order valence-electron chi connectivity index (χ2n) is 7.25. The lowest BCUT2D eigenvalue weighted by Gasteiger charge is -2.16. The molecule has 2 aromatic carbocycles. The van der Waals surface area contributed by atoms with Gasteiger partial charge in [0.05, 0.1) is 18.7 Å². The summed E-state index contributed by atoms with van der Waals surface area (Å²) in [5, 5.41) is 4.03. The first-order valence-electron chi connectivity index (χ1n) is 9.99. The number of rotatable bonds is 8. The topological polar surface area (TPSA) is 71.0 Å². The predicted molar refractivity (Wildman–Crippen MR) is 114 cm³/mol. The molecule has 1 fully saturated rings. The van der Waals surface area contributed by atoms with Crippen LogP contribution in [0.15, 0.2) is 53.6 Å². The van der Waals surface area contributed by atoms with Crippen molar-refractivity contribution < 1.29 is 14.3 Å². The summed E-state index contributed by atoms with van der Waals surface area (Å²) >= 11 is 0. The number of hydrogen-bond acceptors (Lipinski definition) is 4. The molecule has 1 aliphatic rings. The first-order valence-corrected chi connectivity index (χ1v) is 9.99. The van der Waals surface area contributed by atoms with Crippen LogP contribution in [-0.2, 0) is 9.59 Å². The Labute approximate surface area is 171 Å². The van der Waals surface area contributed by atoms with Crippen molar-refractivity contribution in [2.45, 2.75) is 33.1 Å². The van der Waals surface area contributed by atoms with Crippen LogP contribution in [0.1, 0.15) is 37.3 Å². The SMILES string of the molecule is CCCCOc1ccc(/C=N/NC(=O)[C@H]2CC(=O)N(c3ccc(C)cc3)C2)cc1. The number of carbonyl (C=O) groups excluding carboxylic acids is 2. The van der Waals surface area contributed by atoms with E-state index in [1.54, 1.807) is 11.1 Å². The number of nitrogens with zero attached hydrogens (tertiary/aromatic N) is 2. The van der Waals surface area contributed by atoms with E-state index in [9.17, 15) is 9.59 Å². The van der Waals surface area contributed by atoms with E-state index in [0.29, 0.717) is 13.2 Å². The zero-order valence-electron chi connectivity index (χ0n) is 16.9. The monoisotopic (exact) mass is 393 g/mol. The third-order valence-electron chi connectivity index (χ3n) is 4.88. The molecule has 6 heteroatoms. The molecular weight excluding hydrogens is 366 g/mol. The second kappa shape index (κ2) is 9.87. The summed E-state index contributed by atoms with van der Waals surface area (Å²) < 4.78 is 5.62. The fourth-order valence-corrected chi connectivity index (χ4v) is 3.10. The van der Waals surface area contributed by atoms with E-state index < -0.39 is 5.92 Å². The van der Waals surface area contributed by atoms with Gasteiger partial charge < -0.3 is 9.64 Å². The summed E-state index contributed by atoms with van der Waals surface area (Å²) in [6, 6.07) is 15.3. The number of benzene rings is 2. The zero-order chi connectivity index (χ0) is 20.6. The minimum absolute atomic E-state index is 0.0448. The van der Waals surface area contributed by atoms with Gasteiger partial charge in [0, 0.05) is 18.7 Å². The Morgan fingerprint density at radius 1 is 1.21 bits per heavy atom. The largest absolute Gasteiger partial charge is 0.494 e. The Morgan fingerprint density at radius 3 is 2.62 bits per heavy atom. The average Bonchev–Trinajstić information content (AvgIpc) is 3.12. The quantitative estimate of drug-likeness (QED) is 0.422. The molecule has 3 rings (SSSR count). The molecule has 2 amide bonds. The molecule has 1 saturated heterocycles. The highest BCUT2D eigenvalue weighted by Gasteiger charge is 2.35. The Morgan fingerprint density at radius 2 is 1.93 bits per heavy atom. The molecule has 1 atom stereocenters. The lowest BCUT2D eigenvalue weighted by atomic mass is 10.1. The van der Waals surface area contributed by atoms with Crippen molar-refractivity contribution in [3.63, 3.8) is 0 Å². The van der Waals surface area contributed by atoms with Gasteiger partial charge >= 0.3 is 0 Å². The van der Waals surface area contributed by atoms with Crippen LogP contribution >= 0.6 is 0 Å². The van der Waals surface area contributed by atoms with Gasteiger partial charge in [-0.1, -0.05) is 31.0 Å². The molecule has 1 aliphatic heterocycles. The Hall–Kier alpha value is -3.15. The molecule has 2 aromatic rings. The van der Waals surface area contributed by atoms with Crippen molar-refractivity contribution in [2.24, 2.45) is 11.0 Å². The summed E-state index contributed by atoms with van der Waals surface area (Å²) in [6.07, 6.45) is 3.90. The number of anilines is 1. The molecule has 6 nitrogen and oxygen atoms in total. The van der Waals surface area contributed by atoms with Gasteiger partial charge in [-0.15, -0.1) is 0 Å². The van der Waals surface area contributed by atoms with E-state index in [1.165, 1.54) is 0 Å². The minimum Gasteiger partial charge on any atom is -0.494 e. The van der Waals surface area contributed by atoms with Crippen LogP contribution in [-0.4, -0.2) is 31.2 Å². The van der Waals surface area contributed by atoms with Crippen molar-refractivity contribution in [1.82, 2.24) is 5.43 Å². The van der Waals surface area contributed by atoms with Gasteiger partial charge in [-0.2, -0.15) is 5.10 Å². The minimum atomic E-state index is -0.407. The molecule has 0 aliphatic carbocycles. The van der Waals surface area contributed by atoms with Gasteiger partial charge in [-0.3, -0.25) is 9.59 Å². The number of aryl methyl sites for hydroxylation is 1. The van der Waals surface area contributed by atoms with Crippen LogP contribution in [0.25, 0.3) is 0 Å². The van der Waals surface area contributed by atoms with Crippen molar-refractivity contribution >= 4 is 23.7 Å². The highest BCUT2D eigenvalue weighted by molar-refractivity contribution is 6.00. The maximum Gasteiger partial charge on any atom is 0.245 e. The second-order valence-corrected chi connectivity index (χ2v) is 7.25. The van der Waals surface area contributed by atoms with Crippen molar-refractivity contribution in [1.29, 1.82) is 0 Å². The number of nitrogens with one attached hydrogen (secondary N) is 1. The lowest BCUT2D eigenvalue weighted by molar-refractivity contribution is -0.126. The van der Waals surface area contributed by atoms with Crippen molar-refractivity contribution in [3.8, 4) is 5.75 Å². The summed E-state index contributed by atoms with van der Waals surface area (Å²) in [5.41, 5.74) is 5.36. The van der Waals surface area contributed by atoms with Crippen LogP contribution in [0.4, 0.5) is 5.69 Å². The van der Waals surface area contributed by atoms with Crippen LogP contribution < -0.4 is 15.1 Å². The van der Waals surface area contributed by atoms with Crippen LogP contribution in [0, 0.1) is 12.8 Å². The number of unbranched alkanes of at least 4 members (excludes halogenated alkanes) is 1. The van der Waals surface area contributed by atoms with Crippen molar-refractivity contribution in [3.05, 3.63) is 59.7 Å². The van der Waals surface area contributed by atoms with Gasteiger partial charge in [-0.25, -0.2) is 5.43 Å². The number of amides is 2. The average molecular weight is 393 g/mol. The molecule has 1 heterocycles. The van der Waals surface area contributed by atoms with Crippen LogP contribution in [0.2, 0.25) is 0 Å². The summed E-state index contributed by atoms with van der Waals surface area (Å²) in [4.78, 5) is 26.3. The highest BCUT2D eigenvalue weighted by atomic mass is 16.5. The maximum atomic E-state index is 12.4. The maximum absolute atomic E-state index is 12.4. The van der Waals surface area contributed by atoms with Crippen molar-refractivity contribution in [2.75, 3.05) is 18.1 Å². The number of ether oxygens (including phenoxy) is 1. The molecule has 0 aromatic heterocycles. The first-order chi connectivity index (χ1) is 14.1. The molecular formula is C23H27N3O3. The molecule has 0 bridgehead atoms. The third-order valence-corrected chi connectivity index (χ3v) is 4.88. The predicted octanol–water partition coefficient (Wildman–Crippen LogP) is 3.68. The number of carbonyl (C=O) groups is 2. The van der Waals surface area contributed by atoms with E-state index in [1.807, 2.05) is 55.5 Å².